The van der Waals surface area contributed by atoms with Crippen molar-refractivity contribution in [2.24, 2.45) is 0 Å². The van der Waals surface area contributed by atoms with Crippen LogP contribution < -0.4 is 5.56 Å². The fourth-order valence-electron chi connectivity index (χ4n) is 1.17. The van der Waals surface area contributed by atoms with Crippen LogP contribution in [0.15, 0.2) is 39.7 Å². The van der Waals surface area contributed by atoms with Gasteiger partial charge in [-0.25, -0.2) is 4.98 Å². The van der Waals surface area contributed by atoms with E-state index < -0.39 is 0 Å². The third-order valence-corrected chi connectivity index (χ3v) is 3.34. The molecule has 0 bridgehead atoms. The second kappa shape index (κ2) is 4.44. The van der Waals surface area contributed by atoms with E-state index in [1.807, 2.05) is 46.9 Å². The smallest absolute Gasteiger partial charge is 0.264 e. The first-order valence-electron chi connectivity index (χ1n) is 4.18. The Morgan fingerprint density at radius 3 is 2.73 bits per heavy atom. The highest BCUT2D eigenvalue weighted by atomic mass is 127. The van der Waals surface area contributed by atoms with Crippen molar-refractivity contribution in [3.63, 3.8) is 0 Å². The van der Waals surface area contributed by atoms with Crippen LogP contribution in [0.3, 0.4) is 0 Å². The molecule has 0 radical (unpaired) electrons. The van der Waals surface area contributed by atoms with E-state index in [4.69, 9.17) is 0 Å². The zero-order chi connectivity index (χ0) is 10.8. The summed E-state index contributed by atoms with van der Waals surface area (Å²) in [6.07, 6.45) is 1.56. The number of aromatic nitrogens is 2. The molecule has 1 heterocycles. The maximum absolute atomic E-state index is 11.4. The molecule has 0 aliphatic carbocycles. The SMILES string of the molecule is O=c1[nH]c(-c2ccccc2Br)ncc1I. The van der Waals surface area contributed by atoms with Crippen LogP contribution in [-0.4, -0.2) is 9.97 Å². The van der Waals surface area contributed by atoms with Crippen molar-refractivity contribution in [3.05, 3.63) is 48.9 Å². The number of benzene rings is 1. The lowest BCUT2D eigenvalue weighted by molar-refractivity contribution is 1.11. The van der Waals surface area contributed by atoms with Crippen LogP contribution in [0.5, 0.6) is 0 Å². The molecule has 2 aromatic rings. The van der Waals surface area contributed by atoms with Gasteiger partial charge in [-0.1, -0.05) is 34.1 Å². The predicted molar refractivity (Wildman–Crippen MR) is 70.7 cm³/mol. The standard InChI is InChI=1S/C10H6BrIN2O/c11-7-4-2-1-3-6(7)9-13-5-8(12)10(15)14-9/h1-5H,(H,13,14,15). The van der Waals surface area contributed by atoms with Crippen LogP contribution in [0, 0.1) is 3.57 Å². The number of nitrogens with one attached hydrogen (secondary N) is 1. The fourth-order valence-corrected chi connectivity index (χ4v) is 1.92. The molecular weight excluding hydrogens is 371 g/mol. The van der Waals surface area contributed by atoms with Crippen LogP contribution in [0.2, 0.25) is 0 Å². The summed E-state index contributed by atoms with van der Waals surface area (Å²) in [7, 11) is 0. The van der Waals surface area contributed by atoms with Crippen LogP contribution in [0.25, 0.3) is 11.4 Å². The molecule has 0 spiro atoms. The summed E-state index contributed by atoms with van der Waals surface area (Å²) in [5.41, 5.74) is 0.766. The van der Waals surface area contributed by atoms with Gasteiger partial charge >= 0.3 is 0 Å². The number of H-pyrrole nitrogens is 1. The lowest BCUT2D eigenvalue weighted by atomic mass is 10.2. The van der Waals surface area contributed by atoms with Gasteiger partial charge in [0.15, 0.2) is 0 Å². The molecule has 2 rings (SSSR count). The van der Waals surface area contributed by atoms with Crippen molar-refractivity contribution in [2.45, 2.75) is 0 Å². The third-order valence-electron chi connectivity index (χ3n) is 1.88. The van der Waals surface area contributed by atoms with Gasteiger partial charge in [-0.3, -0.25) is 4.79 Å². The number of hydrogen-bond acceptors (Lipinski definition) is 2. The summed E-state index contributed by atoms with van der Waals surface area (Å²) in [6, 6.07) is 7.62. The average molecular weight is 377 g/mol. The summed E-state index contributed by atoms with van der Waals surface area (Å²) in [6.45, 7) is 0. The molecule has 1 aromatic carbocycles. The number of aromatic amines is 1. The highest BCUT2D eigenvalue weighted by molar-refractivity contribution is 14.1. The maximum Gasteiger partial charge on any atom is 0.264 e. The van der Waals surface area contributed by atoms with Crippen molar-refractivity contribution in [2.75, 3.05) is 0 Å². The molecule has 15 heavy (non-hydrogen) atoms. The minimum absolute atomic E-state index is 0.114. The largest absolute Gasteiger partial charge is 0.306 e. The van der Waals surface area contributed by atoms with Crippen molar-refractivity contribution >= 4 is 38.5 Å². The highest BCUT2D eigenvalue weighted by Crippen LogP contribution is 2.23. The molecule has 0 unspecified atom stereocenters. The van der Waals surface area contributed by atoms with Crippen LogP contribution in [0.1, 0.15) is 0 Å². The first-order chi connectivity index (χ1) is 7.18. The summed E-state index contributed by atoms with van der Waals surface area (Å²) in [5.74, 6) is 0.577. The molecule has 5 heteroatoms. The zero-order valence-corrected chi connectivity index (χ0v) is 11.2. The average Bonchev–Trinajstić information content (AvgIpc) is 2.23. The molecule has 0 aliphatic heterocycles. The van der Waals surface area contributed by atoms with Gasteiger partial charge < -0.3 is 4.98 Å². The van der Waals surface area contributed by atoms with Gasteiger partial charge in [-0.2, -0.15) is 0 Å². The first kappa shape index (κ1) is 10.8. The third kappa shape index (κ3) is 2.28. The Labute approximate surface area is 108 Å². The molecule has 0 atom stereocenters. The number of halogens is 2. The van der Waals surface area contributed by atoms with Crippen molar-refractivity contribution in [1.82, 2.24) is 9.97 Å². The molecular formula is C10H6BrIN2O. The van der Waals surface area contributed by atoms with Gasteiger partial charge in [-0.05, 0) is 28.7 Å². The van der Waals surface area contributed by atoms with Crippen LogP contribution in [-0.2, 0) is 0 Å². The molecule has 3 nitrogen and oxygen atoms in total. The number of hydrogen-bond donors (Lipinski definition) is 1. The molecule has 0 aliphatic rings. The molecule has 76 valence electrons. The molecule has 0 amide bonds. The van der Waals surface area contributed by atoms with Crippen molar-refractivity contribution in [3.8, 4) is 11.4 Å². The quantitative estimate of drug-likeness (QED) is 0.778. The van der Waals surface area contributed by atoms with E-state index in [0.717, 1.165) is 10.0 Å². The predicted octanol–water partition coefficient (Wildman–Crippen LogP) is 2.80. The Bertz CT molecular complexity index is 553. The van der Waals surface area contributed by atoms with Gasteiger partial charge in [0.05, 0.1) is 3.57 Å². The van der Waals surface area contributed by atoms with E-state index in [2.05, 4.69) is 25.9 Å². The number of nitrogens with zero attached hydrogens (tertiary/aromatic N) is 1. The van der Waals surface area contributed by atoms with Crippen LogP contribution in [0.4, 0.5) is 0 Å². The first-order valence-corrected chi connectivity index (χ1v) is 6.05. The minimum atomic E-state index is -0.114. The lowest BCUT2D eigenvalue weighted by Crippen LogP contribution is -2.11. The van der Waals surface area contributed by atoms with E-state index >= 15 is 0 Å². The monoisotopic (exact) mass is 376 g/mol. The zero-order valence-electron chi connectivity index (χ0n) is 7.50. The Morgan fingerprint density at radius 1 is 1.33 bits per heavy atom. The van der Waals surface area contributed by atoms with Crippen molar-refractivity contribution in [1.29, 1.82) is 0 Å². The fraction of sp³-hybridized carbons (Fsp3) is 0. The van der Waals surface area contributed by atoms with Gasteiger partial charge in [0.2, 0.25) is 0 Å². The second-order valence-electron chi connectivity index (χ2n) is 2.89. The lowest BCUT2D eigenvalue weighted by Gasteiger charge is -2.02. The van der Waals surface area contributed by atoms with Gasteiger partial charge in [-0.15, -0.1) is 0 Å². The van der Waals surface area contributed by atoms with E-state index in [0.29, 0.717) is 9.39 Å². The Balaban J connectivity index is 2.60. The Kier molecular flexibility index (Phi) is 3.20. The topological polar surface area (TPSA) is 45.8 Å². The van der Waals surface area contributed by atoms with E-state index in [-0.39, 0.29) is 5.56 Å². The molecule has 0 saturated carbocycles. The van der Waals surface area contributed by atoms with Gasteiger partial charge in [0, 0.05) is 16.2 Å². The minimum Gasteiger partial charge on any atom is -0.306 e. The maximum atomic E-state index is 11.4. The summed E-state index contributed by atoms with van der Waals surface area (Å²) in [4.78, 5) is 18.3. The summed E-state index contributed by atoms with van der Waals surface area (Å²) >= 11 is 5.36. The summed E-state index contributed by atoms with van der Waals surface area (Å²) < 4.78 is 1.50. The van der Waals surface area contributed by atoms with Crippen LogP contribution >= 0.6 is 38.5 Å². The molecule has 0 saturated heterocycles. The number of rotatable bonds is 1. The van der Waals surface area contributed by atoms with E-state index in [1.165, 1.54) is 0 Å². The second-order valence-corrected chi connectivity index (χ2v) is 4.91. The van der Waals surface area contributed by atoms with Crippen molar-refractivity contribution < 1.29 is 0 Å². The molecule has 0 fully saturated rings. The highest BCUT2D eigenvalue weighted by Gasteiger charge is 2.05. The van der Waals surface area contributed by atoms with Gasteiger partial charge in [0.1, 0.15) is 5.82 Å². The molecule has 1 aromatic heterocycles. The Hall–Kier alpha value is -0.690. The normalized spacial score (nSPS) is 10.3. The van der Waals surface area contributed by atoms with Gasteiger partial charge in [0.25, 0.3) is 5.56 Å². The Morgan fingerprint density at radius 2 is 2.07 bits per heavy atom. The van der Waals surface area contributed by atoms with E-state index in [9.17, 15) is 4.79 Å². The summed E-state index contributed by atoms with van der Waals surface area (Å²) in [5, 5.41) is 0. The molecule has 1 N–H and O–H groups in total. The van der Waals surface area contributed by atoms with E-state index in [1.54, 1.807) is 6.20 Å².